The van der Waals surface area contributed by atoms with Crippen molar-refractivity contribution >= 4 is 5.78 Å². The Kier molecular flexibility index (Phi) is 4.51. The molecule has 5 rings (SSSR count). The minimum absolute atomic E-state index is 0.0684. The maximum Gasteiger partial charge on any atom is 0.241 e. The van der Waals surface area contributed by atoms with Crippen LogP contribution in [0.25, 0.3) is 11.4 Å². The average molecular weight is 395 g/mol. The molecule has 1 atom stereocenters. The summed E-state index contributed by atoms with van der Waals surface area (Å²) in [6.45, 7) is 2.30. The highest BCUT2D eigenvalue weighted by Gasteiger charge is 2.29. The van der Waals surface area contributed by atoms with Crippen molar-refractivity contribution in [2.75, 3.05) is 19.9 Å². The molecule has 0 N–H and O–H groups in total. The zero-order valence-corrected chi connectivity index (χ0v) is 16.1. The van der Waals surface area contributed by atoms with Crippen LogP contribution in [0, 0.1) is 5.92 Å². The first-order chi connectivity index (χ1) is 14.2. The Morgan fingerprint density at radius 2 is 2.17 bits per heavy atom. The summed E-state index contributed by atoms with van der Waals surface area (Å²) in [5.74, 6) is 2.98. The monoisotopic (exact) mass is 395 g/mol. The molecule has 1 saturated heterocycles. The van der Waals surface area contributed by atoms with Gasteiger partial charge in [-0.1, -0.05) is 5.16 Å². The van der Waals surface area contributed by atoms with Gasteiger partial charge in [0, 0.05) is 37.5 Å². The third-order valence-electron chi connectivity index (χ3n) is 5.38. The number of benzene rings is 1. The minimum atomic E-state index is -0.0684. The largest absolute Gasteiger partial charge is 0.454 e. The number of carbonyl (C=O) groups is 1. The lowest BCUT2D eigenvalue weighted by atomic mass is 9.93. The molecule has 0 bridgehead atoms. The summed E-state index contributed by atoms with van der Waals surface area (Å²) in [4.78, 5) is 23.7. The van der Waals surface area contributed by atoms with Crippen LogP contribution in [0.1, 0.15) is 29.4 Å². The number of hydrogen-bond donors (Lipinski definition) is 0. The Hall–Kier alpha value is -3.20. The van der Waals surface area contributed by atoms with Gasteiger partial charge in [0.1, 0.15) is 0 Å². The highest BCUT2D eigenvalue weighted by molar-refractivity contribution is 5.94. The molecule has 9 nitrogen and oxygen atoms in total. The second kappa shape index (κ2) is 7.32. The number of imidazole rings is 1. The molecule has 2 aromatic heterocycles. The van der Waals surface area contributed by atoms with E-state index in [1.165, 1.54) is 0 Å². The van der Waals surface area contributed by atoms with Gasteiger partial charge in [-0.3, -0.25) is 9.69 Å². The lowest BCUT2D eigenvalue weighted by Crippen LogP contribution is -2.39. The summed E-state index contributed by atoms with van der Waals surface area (Å²) in [5, 5.41) is 4.09. The van der Waals surface area contributed by atoms with Crippen LogP contribution in [0.3, 0.4) is 0 Å². The first kappa shape index (κ1) is 17.9. The smallest absolute Gasteiger partial charge is 0.241 e. The zero-order valence-electron chi connectivity index (χ0n) is 16.1. The Balaban J connectivity index is 1.26. The maximum atomic E-state index is 12.8. The predicted octanol–water partition coefficient (Wildman–Crippen LogP) is 2.29. The van der Waals surface area contributed by atoms with Crippen molar-refractivity contribution in [3.63, 3.8) is 0 Å². The number of aromatic nitrogens is 4. The first-order valence-corrected chi connectivity index (χ1v) is 9.64. The van der Waals surface area contributed by atoms with Gasteiger partial charge in [-0.25, -0.2) is 4.98 Å². The number of aryl methyl sites for hydroxylation is 1. The van der Waals surface area contributed by atoms with Crippen LogP contribution < -0.4 is 9.47 Å². The van der Waals surface area contributed by atoms with E-state index >= 15 is 0 Å². The topological polar surface area (TPSA) is 95.5 Å². The van der Waals surface area contributed by atoms with Gasteiger partial charge in [0.15, 0.2) is 17.3 Å². The van der Waals surface area contributed by atoms with E-state index in [9.17, 15) is 4.79 Å². The van der Waals surface area contributed by atoms with Crippen molar-refractivity contribution in [1.29, 1.82) is 0 Å². The van der Waals surface area contributed by atoms with E-state index < -0.39 is 0 Å². The van der Waals surface area contributed by atoms with Gasteiger partial charge in [-0.05, 0) is 37.6 Å². The number of piperidine rings is 1. The van der Waals surface area contributed by atoms with Gasteiger partial charge in [-0.15, -0.1) is 0 Å². The summed E-state index contributed by atoms with van der Waals surface area (Å²) >= 11 is 0. The van der Waals surface area contributed by atoms with Crippen molar-refractivity contribution < 1.29 is 18.8 Å². The van der Waals surface area contributed by atoms with Gasteiger partial charge in [-0.2, -0.15) is 4.98 Å². The number of carbonyl (C=O) groups excluding carboxylic acids is 1. The van der Waals surface area contributed by atoms with Crippen LogP contribution in [0.15, 0.2) is 35.1 Å². The number of hydrogen-bond acceptors (Lipinski definition) is 8. The van der Waals surface area contributed by atoms with Crippen molar-refractivity contribution in [1.82, 2.24) is 24.6 Å². The molecule has 0 radical (unpaired) electrons. The van der Waals surface area contributed by atoms with E-state index in [1.807, 2.05) is 25.2 Å². The van der Waals surface area contributed by atoms with Gasteiger partial charge in [0.2, 0.25) is 24.3 Å². The van der Waals surface area contributed by atoms with Crippen molar-refractivity contribution in [2.24, 2.45) is 13.0 Å². The molecule has 29 heavy (non-hydrogen) atoms. The standard InChI is InChI=1S/C20H21N5O4/c1-24-8-6-21-20(24)18(26)14-3-2-7-25(10-14)11-17-22-19(23-29-17)13-4-5-15-16(9-13)28-12-27-15/h4-6,8-9,14H,2-3,7,10-12H2,1H3/t14-/m0/s1. The summed E-state index contributed by atoms with van der Waals surface area (Å²) in [6, 6.07) is 5.57. The quantitative estimate of drug-likeness (QED) is 0.607. The molecule has 1 aromatic carbocycles. The van der Waals surface area contributed by atoms with Crippen LogP contribution in [-0.2, 0) is 13.6 Å². The number of fused-ring (bicyclic) bond motifs is 1. The Bertz CT molecular complexity index is 1040. The molecule has 0 saturated carbocycles. The molecule has 4 heterocycles. The lowest BCUT2D eigenvalue weighted by Gasteiger charge is -2.30. The van der Waals surface area contributed by atoms with Crippen LogP contribution in [0.5, 0.6) is 11.5 Å². The lowest BCUT2D eigenvalue weighted by molar-refractivity contribution is 0.0783. The van der Waals surface area contributed by atoms with Crippen LogP contribution in [0.2, 0.25) is 0 Å². The van der Waals surface area contributed by atoms with E-state index in [0.29, 0.717) is 42.1 Å². The van der Waals surface area contributed by atoms with E-state index in [0.717, 1.165) is 24.9 Å². The van der Waals surface area contributed by atoms with Crippen molar-refractivity contribution in [2.45, 2.75) is 19.4 Å². The molecule has 1 fully saturated rings. The maximum absolute atomic E-state index is 12.8. The Morgan fingerprint density at radius 3 is 3.03 bits per heavy atom. The molecule has 0 amide bonds. The molecule has 3 aromatic rings. The second-order valence-corrected chi connectivity index (χ2v) is 7.38. The van der Waals surface area contributed by atoms with Crippen LogP contribution in [0.4, 0.5) is 0 Å². The summed E-state index contributed by atoms with van der Waals surface area (Å²) in [6.07, 6.45) is 5.27. The molecule has 0 unspecified atom stereocenters. The molecule has 2 aliphatic heterocycles. The highest BCUT2D eigenvalue weighted by atomic mass is 16.7. The summed E-state index contributed by atoms with van der Waals surface area (Å²) in [7, 11) is 1.84. The van der Waals surface area contributed by atoms with Crippen LogP contribution in [-0.4, -0.2) is 50.3 Å². The highest BCUT2D eigenvalue weighted by Crippen LogP contribution is 2.35. The molecule has 2 aliphatic rings. The van der Waals surface area contributed by atoms with E-state index in [2.05, 4.69) is 20.0 Å². The van der Waals surface area contributed by atoms with Gasteiger partial charge in [0.05, 0.1) is 6.54 Å². The van der Waals surface area contributed by atoms with E-state index in [1.54, 1.807) is 17.0 Å². The average Bonchev–Trinajstić information content (AvgIpc) is 3.48. The molecule has 150 valence electrons. The fraction of sp³-hybridized carbons (Fsp3) is 0.400. The molecular formula is C20H21N5O4. The minimum Gasteiger partial charge on any atom is -0.454 e. The molecular weight excluding hydrogens is 374 g/mol. The molecule has 0 aliphatic carbocycles. The number of ether oxygens (including phenoxy) is 2. The van der Waals surface area contributed by atoms with Crippen LogP contribution >= 0.6 is 0 Å². The number of rotatable bonds is 5. The SMILES string of the molecule is Cn1ccnc1C(=O)[C@H]1CCCN(Cc2nc(-c3ccc4c(c3)OCO4)no2)C1. The first-order valence-electron chi connectivity index (χ1n) is 9.64. The fourth-order valence-corrected chi connectivity index (χ4v) is 3.86. The number of likely N-dealkylation sites (tertiary alicyclic amines) is 1. The number of Topliss-reactive ketones (excluding diaryl/α,β-unsaturated/α-hetero) is 1. The van der Waals surface area contributed by atoms with Gasteiger partial charge in [0.25, 0.3) is 0 Å². The Labute approximate surface area is 167 Å². The van der Waals surface area contributed by atoms with Gasteiger partial charge >= 0.3 is 0 Å². The van der Waals surface area contributed by atoms with Gasteiger partial charge < -0.3 is 18.6 Å². The number of ketones is 1. The fourth-order valence-electron chi connectivity index (χ4n) is 3.86. The summed E-state index contributed by atoms with van der Waals surface area (Å²) < 4.78 is 18.0. The third-order valence-corrected chi connectivity index (χ3v) is 5.38. The molecule has 0 spiro atoms. The van der Waals surface area contributed by atoms with Crippen molar-refractivity contribution in [3.8, 4) is 22.9 Å². The number of nitrogens with zero attached hydrogens (tertiary/aromatic N) is 5. The Morgan fingerprint density at radius 1 is 1.28 bits per heavy atom. The van der Waals surface area contributed by atoms with Crippen molar-refractivity contribution in [3.05, 3.63) is 42.3 Å². The normalized spacial score (nSPS) is 18.9. The predicted molar refractivity (Wildman–Crippen MR) is 101 cm³/mol. The third kappa shape index (κ3) is 3.49. The zero-order chi connectivity index (χ0) is 19.8. The van der Waals surface area contributed by atoms with E-state index in [-0.39, 0.29) is 18.5 Å². The summed E-state index contributed by atoms with van der Waals surface area (Å²) in [5.41, 5.74) is 0.811. The van der Waals surface area contributed by atoms with E-state index in [4.69, 9.17) is 14.0 Å². The second-order valence-electron chi connectivity index (χ2n) is 7.38. The molecule has 9 heteroatoms.